The van der Waals surface area contributed by atoms with Crippen LogP contribution in [0.25, 0.3) is 11.1 Å². The Labute approximate surface area is 215 Å². The van der Waals surface area contributed by atoms with Crippen LogP contribution in [0.5, 0.6) is 0 Å². The van der Waals surface area contributed by atoms with Crippen molar-refractivity contribution in [3.8, 4) is 11.1 Å². The lowest BCUT2D eigenvalue weighted by atomic mass is 9.99. The van der Waals surface area contributed by atoms with Gasteiger partial charge in [0, 0.05) is 55.2 Å². The van der Waals surface area contributed by atoms with Crippen LogP contribution in [0.15, 0.2) is 42.7 Å². The number of esters is 1. The normalized spacial score (nSPS) is 17.6. The Balaban J connectivity index is 1.31. The molecule has 1 N–H and O–H groups in total. The number of anilines is 1. The Morgan fingerprint density at radius 1 is 1.14 bits per heavy atom. The van der Waals surface area contributed by atoms with Gasteiger partial charge in [-0.15, -0.1) is 0 Å². The smallest absolute Gasteiger partial charge is 0.335 e. The Morgan fingerprint density at radius 3 is 2.68 bits per heavy atom. The highest BCUT2D eigenvalue weighted by Crippen LogP contribution is 2.38. The van der Waals surface area contributed by atoms with E-state index in [-0.39, 0.29) is 24.6 Å². The minimum Gasteiger partial charge on any atom is -0.464 e. The monoisotopic (exact) mass is 503 g/mol. The van der Waals surface area contributed by atoms with Crippen LogP contribution in [0.1, 0.15) is 46.7 Å². The van der Waals surface area contributed by atoms with Gasteiger partial charge in [-0.1, -0.05) is 12.1 Å². The number of carbonyl (C=O) groups excluding carboxylic acids is 2. The molecule has 0 saturated carbocycles. The van der Waals surface area contributed by atoms with Crippen molar-refractivity contribution in [1.29, 1.82) is 0 Å². The maximum absolute atomic E-state index is 15.4. The summed E-state index contributed by atoms with van der Waals surface area (Å²) in [6.07, 6.45) is 3.45. The predicted octanol–water partition coefficient (Wildman–Crippen LogP) is 3.31. The van der Waals surface area contributed by atoms with Crippen molar-refractivity contribution in [1.82, 2.24) is 19.8 Å². The summed E-state index contributed by atoms with van der Waals surface area (Å²) in [6.45, 7) is 6.53. The summed E-state index contributed by atoms with van der Waals surface area (Å²) in [4.78, 5) is 34.9. The number of fused-ring (bicyclic) bond motifs is 2. The van der Waals surface area contributed by atoms with Crippen molar-refractivity contribution < 1.29 is 18.7 Å². The lowest BCUT2D eigenvalue weighted by Gasteiger charge is -2.29. The molecule has 6 rings (SSSR count). The number of aromatic nitrogens is 2. The van der Waals surface area contributed by atoms with E-state index in [1.165, 1.54) is 11.0 Å². The van der Waals surface area contributed by atoms with Gasteiger partial charge in [0.05, 0.1) is 25.2 Å². The third-order valence-corrected chi connectivity index (χ3v) is 7.57. The second-order valence-corrected chi connectivity index (χ2v) is 9.73. The molecular weight excluding hydrogens is 473 g/mol. The second kappa shape index (κ2) is 9.63. The van der Waals surface area contributed by atoms with E-state index in [2.05, 4.69) is 15.2 Å². The average Bonchev–Trinajstić information content (AvgIpc) is 3.62. The van der Waals surface area contributed by atoms with Gasteiger partial charge < -0.3 is 24.4 Å². The Bertz CT molecular complexity index is 1350. The number of amides is 1. The summed E-state index contributed by atoms with van der Waals surface area (Å²) in [5.74, 6) is -1.38. The fraction of sp³-hybridized carbons (Fsp3) is 0.393. The standard InChI is InChI=1S/C28H30FN5O3/c1-2-37-28(36)26(25-24-4-3-11-33(24)17-31-25)34-16-22-21(27(34)35)14-19(15-23(22)29)18-5-7-20(8-6-18)32-12-9-30-10-13-32/h5-8,14-15,17,26,30H,2-4,9-13,16H2,1H3. The van der Waals surface area contributed by atoms with Crippen LogP contribution < -0.4 is 10.2 Å². The summed E-state index contributed by atoms with van der Waals surface area (Å²) in [7, 11) is 0. The van der Waals surface area contributed by atoms with Gasteiger partial charge in [-0.25, -0.2) is 14.2 Å². The average molecular weight is 504 g/mol. The van der Waals surface area contributed by atoms with Gasteiger partial charge in [0.15, 0.2) is 6.04 Å². The summed E-state index contributed by atoms with van der Waals surface area (Å²) < 4.78 is 22.8. The number of ether oxygens (including phenoxy) is 1. The van der Waals surface area contributed by atoms with Gasteiger partial charge in [-0.05, 0) is 55.2 Å². The summed E-state index contributed by atoms with van der Waals surface area (Å²) in [5, 5.41) is 3.35. The first-order valence-corrected chi connectivity index (χ1v) is 12.9. The highest BCUT2D eigenvalue weighted by molar-refractivity contribution is 6.02. The Morgan fingerprint density at radius 2 is 1.92 bits per heavy atom. The summed E-state index contributed by atoms with van der Waals surface area (Å²) >= 11 is 0. The number of hydrogen-bond acceptors (Lipinski definition) is 6. The third-order valence-electron chi connectivity index (χ3n) is 7.57. The number of imidazole rings is 1. The third kappa shape index (κ3) is 4.17. The van der Waals surface area contributed by atoms with E-state index < -0.39 is 17.8 Å². The maximum atomic E-state index is 15.4. The van der Waals surface area contributed by atoms with E-state index in [1.807, 2.05) is 28.8 Å². The van der Waals surface area contributed by atoms with Gasteiger partial charge in [0.25, 0.3) is 5.91 Å². The first-order chi connectivity index (χ1) is 18.0. The number of halogens is 1. The fourth-order valence-electron chi connectivity index (χ4n) is 5.69. The molecule has 1 atom stereocenters. The van der Waals surface area contributed by atoms with E-state index in [1.54, 1.807) is 19.3 Å². The zero-order chi connectivity index (χ0) is 25.5. The molecule has 3 aliphatic heterocycles. The van der Waals surface area contributed by atoms with Crippen molar-refractivity contribution >= 4 is 17.6 Å². The highest BCUT2D eigenvalue weighted by atomic mass is 19.1. The largest absolute Gasteiger partial charge is 0.464 e. The van der Waals surface area contributed by atoms with E-state index >= 15 is 4.39 Å². The molecule has 37 heavy (non-hydrogen) atoms. The van der Waals surface area contributed by atoms with Gasteiger partial charge in [-0.3, -0.25) is 4.79 Å². The maximum Gasteiger partial charge on any atom is 0.335 e. The van der Waals surface area contributed by atoms with E-state index in [9.17, 15) is 9.59 Å². The minimum absolute atomic E-state index is 0.00199. The molecule has 0 radical (unpaired) electrons. The van der Waals surface area contributed by atoms with Crippen molar-refractivity contribution in [2.24, 2.45) is 0 Å². The van der Waals surface area contributed by atoms with Gasteiger partial charge >= 0.3 is 5.97 Å². The first kappa shape index (κ1) is 23.7. The molecule has 8 nitrogen and oxygen atoms in total. The molecule has 1 aromatic heterocycles. The summed E-state index contributed by atoms with van der Waals surface area (Å²) in [6, 6.07) is 10.2. The molecule has 4 heterocycles. The predicted molar refractivity (Wildman–Crippen MR) is 137 cm³/mol. The quantitative estimate of drug-likeness (QED) is 0.520. The lowest BCUT2D eigenvalue weighted by molar-refractivity contribution is -0.149. The topological polar surface area (TPSA) is 79.7 Å². The summed E-state index contributed by atoms with van der Waals surface area (Å²) in [5.41, 5.74) is 4.64. The molecule has 192 valence electrons. The number of hydrogen-bond donors (Lipinski definition) is 1. The first-order valence-electron chi connectivity index (χ1n) is 12.9. The van der Waals surface area contributed by atoms with Crippen LogP contribution in [0, 0.1) is 5.82 Å². The number of nitrogens with one attached hydrogen (secondary N) is 1. The molecule has 9 heteroatoms. The Hall–Kier alpha value is -3.72. The molecule has 0 spiro atoms. The van der Waals surface area contributed by atoms with Gasteiger partial charge in [0.1, 0.15) is 5.82 Å². The number of rotatable bonds is 6. The van der Waals surface area contributed by atoms with Crippen LogP contribution >= 0.6 is 0 Å². The van der Waals surface area contributed by atoms with Crippen molar-refractivity contribution in [2.75, 3.05) is 37.7 Å². The molecule has 1 fully saturated rings. The number of aryl methyl sites for hydroxylation is 1. The van der Waals surface area contributed by atoms with E-state index in [4.69, 9.17) is 4.74 Å². The SMILES string of the molecule is CCOC(=O)C(c1ncn2c1CCC2)N1Cc2c(F)cc(-c3ccc(N4CCNCC4)cc3)cc2C1=O. The van der Waals surface area contributed by atoms with E-state index in [0.29, 0.717) is 16.8 Å². The van der Waals surface area contributed by atoms with E-state index in [0.717, 1.165) is 62.5 Å². The van der Waals surface area contributed by atoms with Crippen LogP contribution in [-0.2, 0) is 29.0 Å². The number of benzene rings is 2. The molecule has 1 unspecified atom stereocenters. The Kier molecular flexibility index (Phi) is 6.16. The van der Waals surface area contributed by atoms with Crippen molar-refractivity contribution in [2.45, 2.75) is 38.9 Å². The van der Waals surface area contributed by atoms with Crippen LogP contribution in [0.3, 0.4) is 0 Å². The van der Waals surface area contributed by atoms with Crippen LogP contribution in [-0.4, -0.2) is 59.1 Å². The second-order valence-electron chi connectivity index (χ2n) is 9.73. The number of carbonyl (C=O) groups is 2. The molecule has 0 aliphatic carbocycles. The number of piperazine rings is 1. The van der Waals surface area contributed by atoms with Crippen molar-refractivity contribution in [3.05, 3.63) is 71.1 Å². The molecule has 1 amide bonds. The molecule has 1 saturated heterocycles. The lowest BCUT2D eigenvalue weighted by Crippen LogP contribution is -2.43. The number of nitrogens with zero attached hydrogens (tertiary/aromatic N) is 4. The van der Waals surface area contributed by atoms with Crippen molar-refractivity contribution in [3.63, 3.8) is 0 Å². The molecule has 3 aliphatic rings. The van der Waals surface area contributed by atoms with Gasteiger partial charge in [0.2, 0.25) is 0 Å². The highest BCUT2D eigenvalue weighted by Gasteiger charge is 2.42. The molecule has 3 aromatic rings. The van der Waals surface area contributed by atoms with Crippen LogP contribution in [0.2, 0.25) is 0 Å². The molecule has 2 aromatic carbocycles. The zero-order valence-electron chi connectivity index (χ0n) is 20.9. The van der Waals surface area contributed by atoms with Gasteiger partial charge in [-0.2, -0.15) is 0 Å². The zero-order valence-corrected chi connectivity index (χ0v) is 20.9. The molecule has 0 bridgehead atoms. The van der Waals surface area contributed by atoms with Crippen LogP contribution in [0.4, 0.5) is 10.1 Å². The minimum atomic E-state index is -1.00. The molecular formula is C28H30FN5O3. The fourth-order valence-corrected chi connectivity index (χ4v) is 5.69.